The van der Waals surface area contributed by atoms with Crippen LogP contribution < -0.4 is 4.74 Å². The van der Waals surface area contributed by atoms with E-state index in [1.807, 2.05) is 36.5 Å². The maximum absolute atomic E-state index is 15.3. The molecule has 160 valence electrons. The summed E-state index contributed by atoms with van der Waals surface area (Å²) in [7, 11) is 1.47. The molecule has 0 aliphatic carbocycles. The summed E-state index contributed by atoms with van der Waals surface area (Å²) in [5, 5.41) is 4.23. The van der Waals surface area contributed by atoms with Crippen LogP contribution in [0.15, 0.2) is 48.8 Å². The van der Waals surface area contributed by atoms with Gasteiger partial charge in [0.05, 0.1) is 18.9 Å². The maximum atomic E-state index is 15.3. The zero-order valence-corrected chi connectivity index (χ0v) is 17.4. The highest BCUT2D eigenvalue weighted by Crippen LogP contribution is 2.35. The number of methoxy groups -OCH3 is 1. The first-order valence-electron chi connectivity index (χ1n) is 10.5. The summed E-state index contributed by atoms with van der Waals surface area (Å²) in [6.07, 6.45) is 6.05. The van der Waals surface area contributed by atoms with Crippen molar-refractivity contribution in [1.82, 2.24) is 14.7 Å². The Kier molecular flexibility index (Phi) is 5.19. The Morgan fingerprint density at radius 1 is 1.29 bits per heavy atom. The van der Waals surface area contributed by atoms with Gasteiger partial charge in [0.15, 0.2) is 11.6 Å². The van der Waals surface area contributed by atoms with Crippen LogP contribution in [0.2, 0.25) is 0 Å². The van der Waals surface area contributed by atoms with Crippen LogP contribution in [-0.2, 0) is 17.7 Å². The normalized spacial score (nSPS) is 17.9. The summed E-state index contributed by atoms with van der Waals surface area (Å²) >= 11 is 0. The van der Waals surface area contributed by atoms with Gasteiger partial charge in [-0.3, -0.25) is 4.79 Å². The van der Waals surface area contributed by atoms with E-state index in [0.29, 0.717) is 29.7 Å². The molecule has 2 aliphatic heterocycles. The molecule has 2 aliphatic rings. The molecule has 0 radical (unpaired) electrons. The van der Waals surface area contributed by atoms with Crippen LogP contribution in [0.3, 0.4) is 0 Å². The zero-order chi connectivity index (χ0) is 21.4. The van der Waals surface area contributed by atoms with E-state index in [2.05, 4.69) is 5.10 Å². The molecule has 1 amide bonds. The van der Waals surface area contributed by atoms with Gasteiger partial charge in [-0.2, -0.15) is 5.10 Å². The van der Waals surface area contributed by atoms with Gasteiger partial charge in [-0.1, -0.05) is 12.1 Å². The van der Waals surface area contributed by atoms with Crippen LogP contribution in [-0.4, -0.2) is 47.0 Å². The predicted molar refractivity (Wildman–Crippen MR) is 113 cm³/mol. The quantitative estimate of drug-likeness (QED) is 0.608. The number of fused-ring (bicyclic) bond motifs is 1. The summed E-state index contributed by atoms with van der Waals surface area (Å²) in [6, 6.07) is 11.5. The molecule has 7 heteroatoms. The standard InChI is InChI=1S/C24H24FN3O3/c1-30-23-17(12-16-5-7-18(8-6-16)28-10-3-9-26-28)13-20-21(22(23)25)15-27(24(20)29)14-19-4-2-11-31-19/h3,5-10,13,19H,2,4,11-12,14-15H2,1H3. The average molecular weight is 421 g/mol. The predicted octanol–water partition coefficient (Wildman–Crippen LogP) is 3.75. The van der Waals surface area contributed by atoms with Gasteiger partial charge < -0.3 is 14.4 Å². The van der Waals surface area contributed by atoms with Gasteiger partial charge in [-0.15, -0.1) is 0 Å². The third-order valence-electron chi connectivity index (χ3n) is 6.02. The van der Waals surface area contributed by atoms with Crippen LogP contribution in [0.4, 0.5) is 4.39 Å². The number of rotatable bonds is 6. The highest BCUT2D eigenvalue weighted by Gasteiger charge is 2.34. The third kappa shape index (κ3) is 3.70. The molecule has 0 N–H and O–H groups in total. The topological polar surface area (TPSA) is 56.6 Å². The van der Waals surface area contributed by atoms with Crippen LogP contribution in [0, 0.1) is 5.82 Å². The number of amides is 1. The van der Waals surface area contributed by atoms with Crippen LogP contribution in [0.1, 0.15) is 39.9 Å². The molecular weight excluding hydrogens is 397 g/mol. The first kappa shape index (κ1) is 19.8. The third-order valence-corrected chi connectivity index (χ3v) is 6.02. The number of hydrogen-bond acceptors (Lipinski definition) is 4. The Bertz CT molecular complexity index is 1090. The fraction of sp³-hybridized carbons (Fsp3) is 0.333. The first-order valence-corrected chi connectivity index (χ1v) is 10.5. The van der Waals surface area contributed by atoms with E-state index in [1.54, 1.807) is 21.8 Å². The number of ether oxygens (including phenoxy) is 2. The molecule has 3 heterocycles. The summed E-state index contributed by atoms with van der Waals surface area (Å²) in [4.78, 5) is 14.7. The van der Waals surface area contributed by atoms with Gasteiger partial charge in [-0.05, 0) is 42.7 Å². The van der Waals surface area contributed by atoms with Crippen molar-refractivity contribution in [2.24, 2.45) is 0 Å². The van der Waals surface area contributed by atoms with E-state index in [-0.39, 0.29) is 24.3 Å². The minimum absolute atomic E-state index is 0.0380. The monoisotopic (exact) mass is 421 g/mol. The molecule has 3 aromatic rings. The van der Waals surface area contributed by atoms with Crippen molar-refractivity contribution in [3.05, 3.63) is 76.9 Å². The second-order valence-electron chi connectivity index (χ2n) is 8.02. The number of hydrogen-bond donors (Lipinski definition) is 0. The minimum atomic E-state index is -0.439. The molecule has 1 fully saturated rings. The molecule has 1 aromatic heterocycles. The van der Waals surface area contributed by atoms with Crippen LogP contribution in [0.25, 0.3) is 5.69 Å². The Morgan fingerprint density at radius 2 is 2.13 bits per heavy atom. The molecule has 0 spiro atoms. The van der Waals surface area contributed by atoms with Crippen LogP contribution >= 0.6 is 0 Å². The van der Waals surface area contributed by atoms with Crippen molar-refractivity contribution in [1.29, 1.82) is 0 Å². The molecule has 1 unspecified atom stereocenters. The fourth-order valence-corrected chi connectivity index (χ4v) is 4.44. The van der Waals surface area contributed by atoms with E-state index in [4.69, 9.17) is 9.47 Å². The van der Waals surface area contributed by atoms with Crippen molar-refractivity contribution in [3.63, 3.8) is 0 Å². The number of carbonyl (C=O) groups excluding carboxylic acids is 1. The fourth-order valence-electron chi connectivity index (χ4n) is 4.44. The van der Waals surface area contributed by atoms with E-state index in [9.17, 15) is 4.79 Å². The average Bonchev–Trinajstić information content (AvgIpc) is 3.54. The highest BCUT2D eigenvalue weighted by molar-refractivity contribution is 5.99. The Hall–Kier alpha value is -3.19. The SMILES string of the molecule is COc1c(Cc2ccc(-n3cccn3)cc2)cc2c(c1F)CN(CC1CCCO1)C2=O. The largest absolute Gasteiger partial charge is 0.493 e. The minimum Gasteiger partial charge on any atom is -0.493 e. The smallest absolute Gasteiger partial charge is 0.254 e. The van der Waals surface area contributed by atoms with Gasteiger partial charge in [0.2, 0.25) is 0 Å². The summed E-state index contributed by atoms with van der Waals surface area (Å²) < 4.78 is 28.2. The van der Waals surface area contributed by atoms with Crippen molar-refractivity contribution in [2.75, 3.05) is 20.3 Å². The maximum Gasteiger partial charge on any atom is 0.254 e. The molecule has 31 heavy (non-hydrogen) atoms. The lowest BCUT2D eigenvalue weighted by atomic mass is 9.98. The van der Waals surface area contributed by atoms with E-state index in [1.165, 1.54) is 7.11 Å². The number of nitrogens with zero attached hydrogens (tertiary/aromatic N) is 3. The molecule has 6 nitrogen and oxygen atoms in total. The van der Waals surface area contributed by atoms with Crippen LogP contribution in [0.5, 0.6) is 5.75 Å². The van der Waals surface area contributed by atoms with Gasteiger partial charge in [0, 0.05) is 55.2 Å². The summed E-state index contributed by atoms with van der Waals surface area (Å²) in [5.41, 5.74) is 3.45. The lowest BCUT2D eigenvalue weighted by Crippen LogP contribution is -2.32. The van der Waals surface area contributed by atoms with E-state index < -0.39 is 5.82 Å². The lowest BCUT2D eigenvalue weighted by Gasteiger charge is -2.19. The molecule has 1 atom stereocenters. The summed E-state index contributed by atoms with van der Waals surface area (Å²) in [5.74, 6) is -0.365. The number of halogens is 1. The van der Waals surface area contributed by atoms with Crippen molar-refractivity contribution in [3.8, 4) is 11.4 Å². The molecule has 5 rings (SSSR count). The van der Waals surface area contributed by atoms with Crippen molar-refractivity contribution in [2.45, 2.75) is 31.9 Å². The first-order chi connectivity index (χ1) is 15.1. The second-order valence-corrected chi connectivity index (χ2v) is 8.02. The van der Waals surface area contributed by atoms with Gasteiger partial charge >= 0.3 is 0 Å². The second kappa shape index (κ2) is 8.15. The number of benzene rings is 2. The van der Waals surface area contributed by atoms with Crippen molar-refractivity contribution < 1.29 is 18.7 Å². The Morgan fingerprint density at radius 3 is 2.81 bits per heavy atom. The molecule has 0 saturated carbocycles. The zero-order valence-electron chi connectivity index (χ0n) is 17.4. The lowest BCUT2D eigenvalue weighted by molar-refractivity contribution is 0.0544. The Balaban J connectivity index is 1.41. The van der Waals surface area contributed by atoms with Gasteiger partial charge in [0.25, 0.3) is 5.91 Å². The van der Waals surface area contributed by atoms with E-state index >= 15 is 4.39 Å². The summed E-state index contributed by atoms with van der Waals surface area (Å²) in [6.45, 7) is 1.49. The highest BCUT2D eigenvalue weighted by atomic mass is 19.1. The van der Waals surface area contributed by atoms with E-state index in [0.717, 1.165) is 30.7 Å². The molecule has 1 saturated heterocycles. The molecule has 2 aromatic carbocycles. The molecular formula is C24H24FN3O3. The number of aromatic nitrogens is 2. The molecule has 0 bridgehead atoms. The number of carbonyl (C=O) groups is 1. The van der Waals surface area contributed by atoms with Crippen molar-refractivity contribution >= 4 is 5.91 Å². The van der Waals surface area contributed by atoms with Gasteiger partial charge in [-0.25, -0.2) is 9.07 Å². The van der Waals surface area contributed by atoms with Gasteiger partial charge in [0.1, 0.15) is 0 Å². The Labute approximate surface area is 180 Å².